The number of nitrogens with two attached hydrogens (primary N) is 1. The molecule has 5 nitrogen and oxygen atoms in total. The Kier molecular flexibility index (Phi) is 3.56. The van der Waals surface area contributed by atoms with Crippen LogP contribution in [0.4, 0.5) is 11.5 Å². The Morgan fingerprint density at radius 2 is 2.33 bits per heavy atom. The highest BCUT2D eigenvalue weighted by Crippen LogP contribution is 2.22. The maximum absolute atomic E-state index is 8.58. The van der Waals surface area contributed by atoms with Crippen LogP contribution in [0.25, 0.3) is 0 Å². The molecule has 82 valence electrons. The molecule has 0 radical (unpaired) electrons. The van der Waals surface area contributed by atoms with E-state index in [2.05, 4.69) is 25.0 Å². The third kappa shape index (κ3) is 2.62. The van der Waals surface area contributed by atoms with E-state index in [0.717, 1.165) is 5.82 Å². The van der Waals surface area contributed by atoms with Gasteiger partial charge in [0, 0.05) is 25.8 Å². The van der Waals surface area contributed by atoms with Crippen molar-refractivity contribution in [3.63, 3.8) is 0 Å². The molecule has 0 saturated heterocycles. The molecule has 1 heterocycles. The van der Waals surface area contributed by atoms with Gasteiger partial charge in [0.15, 0.2) is 5.82 Å². The standard InChI is InChI=1S/C10H17N5/c1-8(2)15(6-4-5-11)10-9(12)7-14(3)13-10/h7-8H,4,6,12H2,1-3H3. The van der Waals surface area contributed by atoms with Crippen molar-refractivity contribution in [2.45, 2.75) is 26.3 Å². The highest BCUT2D eigenvalue weighted by atomic mass is 15.4. The maximum Gasteiger partial charge on any atom is 0.174 e. The summed E-state index contributed by atoms with van der Waals surface area (Å²) in [5.41, 5.74) is 6.50. The number of hydrogen-bond acceptors (Lipinski definition) is 4. The molecule has 0 aliphatic heterocycles. The third-order valence-electron chi connectivity index (χ3n) is 2.20. The topological polar surface area (TPSA) is 70.9 Å². The smallest absolute Gasteiger partial charge is 0.174 e. The van der Waals surface area contributed by atoms with Crippen molar-refractivity contribution in [1.82, 2.24) is 9.78 Å². The lowest BCUT2D eigenvalue weighted by molar-refractivity contribution is 0.661. The number of anilines is 2. The molecule has 0 aliphatic rings. The minimum absolute atomic E-state index is 0.288. The lowest BCUT2D eigenvalue weighted by Crippen LogP contribution is -2.32. The Morgan fingerprint density at radius 3 is 2.73 bits per heavy atom. The third-order valence-corrected chi connectivity index (χ3v) is 2.20. The molecule has 0 atom stereocenters. The quantitative estimate of drug-likeness (QED) is 0.803. The summed E-state index contributed by atoms with van der Waals surface area (Å²) in [6.07, 6.45) is 2.26. The molecule has 0 aromatic carbocycles. The zero-order valence-corrected chi connectivity index (χ0v) is 9.44. The number of hydrogen-bond donors (Lipinski definition) is 1. The van der Waals surface area contributed by atoms with Crippen LogP contribution in [0.3, 0.4) is 0 Å². The summed E-state index contributed by atoms with van der Waals surface area (Å²) in [6, 6.07) is 2.42. The van der Waals surface area contributed by atoms with E-state index in [4.69, 9.17) is 11.0 Å². The molecule has 1 aromatic heterocycles. The first-order valence-electron chi connectivity index (χ1n) is 4.99. The van der Waals surface area contributed by atoms with Gasteiger partial charge in [-0.05, 0) is 13.8 Å². The van der Waals surface area contributed by atoms with Gasteiger partial charge in [-0.1, -0.05) is 0 Å². The Morgan fingerprint density at radius 1 is 1.67 bits per heavy atom. The second-order valence-corrected chi connectivity index (χ2v) is 3.78. The lowest BCUT2D eigenvalue weighted by Gasteiger charge is -2.26. The van der Waals surface area contributed by atoms with Gasteiger partial charge in [0.05, 0.1) is 18.2 Å². The first-order valence-corrected chi connectivity index (χ1v) is 4.99. The van der Waals surface area contributed by atoms with E-state index >= 15 is 0 Å². The SMILES string of the molecule is CC(C)N(CCC#N)c1nn(C)cc1N. The van der Waals surface area contributed by atoms with Gasteiger partial charge in [0.25, 0.3) is 0 Å². The molecule has 0 saturated carbocycles. The average Bonchev–Trinajstić information content (AvgIpc) is 2.46. The highest BCUT2D eigenvalue weighted by molar-refractivity contribution is 5.62. The van der Waals surface area contributed by atoms with E-state index in [1.807, 2.05) is 11.9 Å². The summed E-state index contributed by atoms with van der Waals surface area (Å²) < 4.78 is 1.69. The van der Waals surface area contributed by atoms with Crippen molar-refractivity contribution >= 4 is 11.5 Å². The van der Waals surface area contributed by atoms with Crippen LogP contribution in [0.5, 0.6) is 0 Å². The normalized spacial score (nSPS) is 10.3. The molecule has 0 spiro atoms. The zero-order valence-electron chi connectivity index (χ0n) is 9.44. The van der Waals surface area contributed by atoms with Crippen molar-refractivity contribution < 1.29 is 0 Å². The first-order chi connectivity index (χ1) is 7.06. The second kappa shape index (κ2) is 4.69. The molecule has 0 unspecified atom stereocenters. The van der Waals surface area contributed by atoms with Crippen molar-refractivity contribution in [1.29, 1.82) is 5.26 Å². The number of nitriles is 1. The average molecular weight is 207 g/mol. The van der Waals surface area contributed by atoms with E-state index in [-0.39, 0.29) is 6.04 Å². The fraction of sp³-hybridized carbons (Fsp3) is 0.600. The highest BCUT2D eigenvalue weighted by Gasteiger charge is 2.16. The van der Waals surface area contributed by atoms with Gasteiger partial charge in [0.2, 0.25) is 0 Å². The number of nitrogens with zero attached hydrogens (tertiary/aromatic N) is 4. The Balaban J connectivity index is 2.89. The number of rotatable bonds is 4. The lowest BCUT2D eigenvalue weighted by atomic mass is 10.3. The second-order valence-electron chi connectivity index (χ2n) is 3.78. The van der Waals surface area contributed by atoms with Crippen LogP contribution in [0, 0.1) is 11.3 Å². The molecular weight excluding hydrogens is 190 g/mol. The summed E-state index contributed by atoms with van der Waals surface area (Å²) in [5.74, 6) is 0.766. The van der Waals surface area contributed by atoms with Crippen LogP contribution in [-0.2, 0) is 7.05 Å². The minimum Gasteiger partial charge on any atom is -0.394 e. The molecule has 0 fully saturated rings. The van der Waals surface area contributed by atoms with Crippen molar-refractivity contribution in [3.05, 3.63) is 6.20 Å². The predicted octanol–water partition coefficient (Wildman–Crippen LogP) is 1.13. The van der Waals surface area contributed by atoms with Gasteiger partial charge < -0.3 is 10.6 Å². The van der Waals surface area contributed by atoms with E-state index in [1.54, 1.807) is 10.9 Å². The number of aromatic nitrogens is 2. The summed E-state index contributed by atoms with van der Waals surface area (Å²) in [4.78, 5) is 2.04. The van der Waals surface area contributed by atoms with Gasteiger partial charge in [-0.25, -0.2) is 0 Å². The fourth-order valence-corrected chi connectivity index (χ4v) is 1.50. The molecule has 1 rings (SSSR count). The Labute approximate surface area is 90.1 Å². The molecule has 5 heteroatoms. The largest absolute Gasteiger partial charge is 0.394 e. The summed E-state index contributed by atoms with van der Waals surface area (Å²) in [6.45, 7) is 4.78. The molecular formula is C10H17N5. The van der Waals surface area contributed by atoms with Crippen LogP contribution in [0.1, 0.15) is 20.3 Å². The molecule has 0 aliphatic carbocycles. The molecule has 15 heavy (non-hydrogen) atoms. The van der Waals surface area contributed by atoms with Crippen LogP contribution in [-0.4, -0.2) is 22.4 Å². The molecule has 0 bridgehead atoms. The van der Waals surface area contributed by atoms with Gasteiger partial charge in [-0.15, -0.1) is 0 Å². The van der Waals surface area contributed by atoms with E-state index in [9.17, 15) is 0 Å². The minimum atomic E-state index is 0.288. The van der Waals surface area contributed by atoms with E-state index in [0.29, 0.717) is 18.7 Å². The van der Waals surface area contributed by atoms with Crippen molar-refractivity contribution in [2.24, 2.45) is 7.05 Å². The Hall–Kier alpha value is -1.70. The van der Waals surface area contributed by atoms with Crippen molar-refractivity contribution in [2.75, 3.05) is 17.2 Å². The maximum atomic E-state index is 8.58. The Bertz CT molecular complexity index is 360. The number of aryl methyl sites for hydroxylation is 1. The summed E-state index contributed by atoms with van der Waals surface area (Å²) in [5, 5.41) is 12.9. The van der Waals surface area contributed by atoms with E-state index < -0.39 is 0 Å². The van der Waals surface area contributed by atoms with Crippen LogP contribution >= 0.6 is 0 Å². The zero-order chi connectivity index (χ0) is 11.4. The van der Waals surface area contributed by atoms with E-state index in [1.165, 1.54) is 0 Å². The van der Waals surface area contributed by atoms with Gasteiger partial charge in [0.1, 0.15) is 0 Å². The number of nitrogen functional groups attached to an aromatic ring is 1. The van der Waals surface area contributed by atoms with Crippen molar-refractivity contribution in [3.8, 4) is 6.07 Å². The molecule has 0 amide bonds. The predicted molar refractivity (Wildman–Crippen MR) is 60.3 cm³/mol. The van der Waals surface area contributed by atoms with Gasteiger partial charge in [-0.2, -0.15) is 10.4 Å². The van der Waals surface area contributed by atoms with Crippen LogP contribution in [0.15, 0.2) is 6.20 Å². The van der Waals surface area contributed by atoms with Gasteiger partial charge in [-0.3, -0.25) is 4.68 Å². The van der Waals surface area contributed by atoms with Crippen LogP contribution in [0.2, 0.25) is 0 Å². The first kappa shape index (κ1) is 11.4. The molecule has 2 N–H and O–H groups in total. The summed E-state index contributed by atoms with van der Waals surface area (Å²) >= 11 is 0. The summed E-state index contributed by atoms with van der Waals surface area (Å²) in [7, 11) is 1.84. The fourth-order valence-electron chi connectivity index (χ4n) is 1.50. The molecule has 1 aromatic rings. The van der Waals surface area contributed by atoms with Crippen LogP contribution < -0.4 is 10.6 Å². The monoisotopic (exact) mass is 207 g/mol. The van der Waals surface area contributed by atoms with Gasteiger partial charge >= 0.3 is 0 Å².